The first kappa shape index (κ1) is 11.4. The molecule has 84 valence electrons. The quantitative estimate of drug-likeness (QED) is 0.636. The Bertz CT molecular complexity index is 331. The van der Waals surface area contributed by atoms with Gasteiger partial charge in [0, 0.05) is 10.8 Å². The van der Waals surface area contributed by atoms with Crippen molar-refractivity contribution in [2.24, 2.45) is 11.8 Å². The second-order valence-corrected chi connectivity index (χ2v) is 5.67. The standard InChI is InChI=1S/C10H15ClN2OS/c1-6-4-7(5-14-6)10(13-12)8-2-3-9(11)15-8/h2-3,6-7,10,13H,4-5,12H2,1H3. The van der Waals surface area contributed by atoms with Crippen LogP contribution in [0.1, 0.15) is 24.3 Å². The largest absolute Gasteiger partial charge is 0.378 e. The summed E-state index contributed by atoms with van der Waals surface area (Å²) in [5.41, 5.74) is 2.87. The van der Waals surface area contributed by atoms with Crippen LogP contribution >= 0.6 is 22.9 Å². The minimum absolute atomic E-state index is 0.160. The van der Waals surface area contributed by atoms with Crippen LogP contribution < -0.4 is 11.3 Å². The van der Waals surface area contributed by atoms with Gasteiger partial charge in [-0.1, -0.05) is 11.6 Å². The first-order valence-electron chi connectivity index (χ1n) is 5.03. The van der Waals surface area contributed by atoms with Crippen LogP contribution in [0.4, 0.5) is 0 Å². The first-order chi connectivity index (χ1) is 7.20. The summed E-state index contributed by atoms with van der Waals surface area (Å²) in [6.07, 6.45) is 1.38. The molecule has 1 aromatic heterocycles. The molecule has 15 heavy (non-hydrogen) atoms. The van der Waals surface area contributed by atoms with Gasteiger partial charge in [0.05, 0.1) is 23.1 Å². The normalized spacial score (nSPS) is 28.2. The van der Waals surface area contributed by atoms with Crippen molar-refractivity contribution in [1.29, 1.82) is 0 Å². The Kier molecular flexibility index (Phi) is 3.64. The summed E-state index contributed by atoms with van der Waals surface area (Å²) in [7, 11) is 0. The lowest BCUT2D eigenvalue weighted by Gasteiger charge is -2.19. The average molecular weight is 247 g/mol. The van der Waals surface area contributed by atoms with Gasteiger partial charge in [-0.15, -0.1) is 11.3 Å². The zero-order valence-corrected chi connectivity index (χ0v) is 10.1. The molecule has 0 saturated carbocycles. The SMILES string of the molecule is CC1CC(C(NN)c2ccc(Cl)s2)CO1. The monoisotopic (exact) mass is 246 g/mol. The molecule has 1 aliphatic rings. The summed E-state index contributed by atoms with van der Waals surface area (Å²) in [6, 6.07) is 4.10. The number of hydrogen-bond acceptors (Lipinski definition) is 4. The third-order valence-electron chi connectivity index (χ3n) is 2.78. The van der Waals surface area contributed by atoms with Gasteiger partial charge in [-0.3, -0.25) is 11.3 Å². The maximum atomic E-state index is 5.92. The summed E-state index contributed by atoms with van der Waals surface area (Å²) >= 11 is 7.49. The van der Waals surface area contributed by atoms with Crippen LogP contribution in [0.3, 0.4) is 0 Å². The van der Waals surface area contributed by atoms with E-state index in [1.807, 2.05) is 12.1 Å². The average Bonchev–Trinajstić information content (AvgIpc) is 2.78. The van der Waals surface area contributed by atoms with E-state index >= 15 is 0 Å². The predicted octanol–water partition coefficient (Wildman–Crippen LogP) is 2.33. The number of rotatable bonds is 3. The lowest BCUT2D eigenvalue weighted by atomic mass is 9.96. The van der Waals surface area contributed by atoms with Gasteiger partial charge in [-0.2, -0.15) is 0 Å². The molecule has 1 fully saturated rings. The highest BCUT2D eigenvalue weighted by Crippen LogP contribution is 2.35. The van der Waals surface area contributed by atoms with Crippen LogP contribution in [0.25, 0.3) is 0 Å². The Morgan fingerprint density at radius 3 is 2.93 bits per heavy atom. The Morgan fingerprint density at radius 1 is 1.67 bits per heavy atom. The molecule has 0 bridgehead atoms. The van der Waals surface area contributed by atoms with Crippen LogP contribution in [0.2, 0.25) is 4.34 Å². The van der Waals surface area contributed by atoms with Crippen molar-refractivity contribution >= 4 is 22.9 Å². The number of hydrogen-bond donors (Lipinski definition) is 2. The minimum Gasteiger partial charge on any atom is -0.378 e. The third kappa shape index (κ3) is 2.52. The van der Waals surface area contributed by atoms with E-state index in [2.05, 4.69) is 12.3 Å². The molecular formula is C10H15ClN2OS. The Labute approximate surface area is 98.5 Å². The zero-order valence-electron chi connectivity index (χ0n) is 8.57. The van der Waals surface area contributed by atoms with Crippen molar-refractivity contribution in [3.8, 4) is 0 Å². The Morgan fingerprint density at radius 2 is 2.47 bits per heavy atom. The molecule has 1 aliphatic heterocycles. The highest BCUT2D eigenvalue weighted by atomic mass is 35.5. The molecule has 3 nitrogen and oxygen atoms in total. The van der Waals surface area contributed by atoms with Crippen LogP contribution in [0.5, 0.6) is 0 Å². The molecule has 0 aromatic carbocycles. The molecule has 0 spiro atoms. The van der Waals surface area contributed by atoms with Crippen molar-refractivity contribution in [3.05, 3.63) is 21.3 Å². The van der Waals surface area contributed by atoms with Gasteiger partial charge < -0.3 is 4.74 Å². The number of ether oxygens (including phenoxy) is 1. The summed E-state index contributed by atoms with van der Waals surface area (Å²) in [5.74, 6) is 6.04. The van der Waals surface area contributed by atoms with E-state index in [9.17, 15) is 0 Å². The van der Waals surface area contributed by atoms with Gasteiger partial charge in [0.25, 0.3) is 0 Å². The summed E-state index contributed by atoms with van der Waals surface area (Å²) in [4.78, 5) is 1.19. The highest BCUT2D eigenvalue weighted by Gasteiger charge is 2.30. The molecule has 1 aromatic rings. The third-order valence-corrected chi connectivity index (χ3v) is 4.10. The lowest BCUT2D eigenvalue weighted by molar-refractivity contribution is 0.117. The number of halogens is 1. The van der Waals surface area contributed by atoms with E-state index in [-0.39, 0.29) is 6.04 Å². The molecule has 0 amide bonds. The number of nitrogens with two attached hydrogens (primary N) is 1. The van der Waals surface area contributed by atoms with Crippen LogP contribution in [-0.4, -0.2) is 12.7 Å². The summed E-state index contributed by atoms with van der Waals surface area (Å²) in [6.45, 7) is 2.86. The Balaban J connectivity index is 2.10. The first-order valence-corrected chi connectivity index (χ1v) is 6.23. The summed E-state index contributed by atoms with van der Waals surface area (Å²) in [5, 5.41) is 0. The molecule has 3 N–H and O–H groups in total. The molecule has 1 saturated heterocycles. The van der Waals surface area contributed by atoms with Crippen molar-refractivity contribution in [2.75, 3.05) is 6.61 Å². The molecule has 3 unspecified atom stereocenters. The van der Waals surface area contributed by atoms with Gasteiger partial charge >= 0.3 is 0 Å². The predicted molar refractivity (Wildman–Crippen MR) is 62.9 cm³/mol. The number of nitrogens with one attached hydrogen (secondary N) is 1. The van der Waals surface area contributed by atoms with E-state index in [0.717, 1.165) is 17.4 Å². The van der Waals surface area contributed by atoms with E-state index < -0.39 is 0 Å². The topological polar surface area (TPSA) is 47.3 Å². The fourth-order valence-electron chi connectivity index (χ4n) is 2.03. The number of thiophene rings is 1. The van der Waals surface area contributed by atoms with Gasteiger partial charge in [-0.05, 0) is 25.5 Å². The second-order valence-electron chi connectivity index (χ2n) is 3.93. The molecule has 3 atom stereocenters. The maximum absolute atomic E-state index is 5.92. The molecular weight excluding hydrogens is 232 g/mol. The van der Waals surface area contributed by atoms with Gasteiger partial charge in [0.2, 0.25) is 0 Å². The maximum Gasteiger partial charge on any atom is 0.0931 e. The van der Waals surface area contributed by atoms with Crippen molar-refractivity contribution in [1.82, 2.24) is 5.43 Å². The van der Waals surface area contributed by atoms with E-state index in [4.69, 9.17) is 22.2 Å². The van der Waals surface area contributed by atoms with Crippen molar-refractivity contribution < 1.29 is 4.74 Å². The fraction of sp³-hybridized carbons (Fsp3) is 0.600. The van der Waals surface area contributed by atoms with Gasteiger partial charge in [-0.25, -0.2) is 0 Å². The zero-order chi connectivity index (χ0) is 10.8. The van der Waals surface area contributed by atoms with E-state index in [1.54, 1.807) is 11.3 Å². The second kappa shape index (κ2) is 4.80. The fourth-order valence-corrected chi connectivity index (χ4v) is 3.24. The van der Waals surface area contributed by atoms with Crippen LogP contribution in [-0.2, 0) is 4.74 Å². The molecule has 5 heteroatoms. The lowest BCUT2D eigenvalue weighted by Crippen LogP contribution is -2.33. The minimum atomic E-state index is 0.160. The smallest absolute Gasteiger partial charge is 0.0931 e. The van der Waals surface area contributed by atoms with Crippen LogP contribution in [0.15, 0.2) is 12.1 Å². The molecule has 2 rings (SSSR count). The van der Waals surface area contributed by atoms with E-state index in [0.29, 0.717) is 12.0 Å². The Hall–Kier alpha value is -0.130. The molecule has 0 aliphatic carbocycles. The van der Waals surface area contributed by atoms with Gasteiger partial charge in [0.1, 0.15) is 0 Å². The highest BCUT2D eigenvalue weighted by molar-refractivity contribution is 7.16. The molecule has 0 radical (unpaired) electrons. The van der Waals surface area contributed by atoms with E-state index in [1.165, 1.54) is 4.88 Å². The van der Waals surface area contributed by atoms with Crippen molar-refractivity contribution in [3.63, 3.8) is 0 Å². The van der Waals surface area contributed by atoms with Crippen molar-refractivity contribution in [2.45, 2.75) is 25.5 Å². The molecule has 2 heterocycles. The van der Waals surface area contributed by atoms with Gasteiger partial charge in [0.15, 0.2) is 0 Å². The number of hydrazine groups is 1. The van der Waals surface area contributed by atoms with Crippen LogP contribution in [0, 0.1) is 5.92 Å². The summed E-state index contributed by atoms with van der Waals surface area (Å²) < 4.78 is 6.36.